The van der Waals surface area contributed by atoms with Crippen LogP contribution in [0.2, 0.25) is 0 Å². The van der Waals surface area contributed by atoms with Crippen molar-refractivity contribution in [2.24, 2.45) is 0 Å². The van der Waals surface area contributed by atoms with E-state index in [2.05, 4.69) is 12.2 Å². The van der Waals surface area contributed by atoms with Crippen molar-refractivity contribution in [3.8, 4) is 0 Å². The van der Waals surface area contributed by atoms with Crippen LogP contribution in [0.3, 0.4) is 0 Å². The molecule has 0 fully saturated rings. The molecule has 0 aliphatic heterocycles. The topological polar surface area (TPSA) is 19.9 Å². The lowest BCUT2D eigenvalue weighted by molar-refractivity contribution is 0.431. The van der Waals surface area contributed by atoms with E-state index in [4.69, 9.17) is 0 Å². The van der Waals surface area contributed by atoms with E-state index >= 15 is 0 Å². The standard InChI is InChI=1S/C8H7OS/c9-8(10)6-7-4-2-1-3-5-7/h1-5H,6H2. The summed E-state index contributed by atoms with van der Waals surface area (Å²) in [6.45, 7) is 0. The maximum Gasteiger partial charge on any atom is 0.223 e. The van der Waals surface area contributed by atoms with Gasteiger partial charge in [0.2, 0.25) is 5.05 Å². The summed E-state index contributed by atoms with van der Waals surface area (Å²) in [5.41, 5.74) is 0.988. The summed E-state index contributed by atoms with van der Waals surface area (Å²) in [6, 6.07) is 9.49. The van der Waals surface area contributed by atoms with Crippen LogP contribution in [0.5, 0.6) is 0 Å². The van der Waals surface area contributed by atoms with Gasteiger partial charge in [0.25, 0.3) is 0 Å². The monoisotopic (exact) mass is 151 g/mol. The van der Waals surface area contributed by atoms with Gasteiger partial charge in [-0.05, 0) is 17.8 Å². The molecule has 0 aliphatic rings. The minimum atomic E-state index is -0.203. The average molecular weight is 151 g/mol. The molecule has 51 valence electrons. The molecule has 0 spiro atoms. The zero-order valence-corrected chi connectivity index (χ0v) is 6.23. The molecule has 10 heavy (non-hydrogen) atoms. The number of benzene rings is 1. The van der Waals surface area contributed by atoms with Crippen molar-refractivity contribution in [1.82, 2.24) is 0 Å². The first kappa shape index (κ1) is 7.22. The lowest BCUT2D eigenvalue weighted by atomic mass is 10.2. The molecule has 0 N–H and O–H groups in total. The molecule has 0 saturated carbocycles. The van der Waals surface area contributed by atoms with E-state index in [0.717, 1.165) is 5.56 Å². The van der Waals surface area contributed by atoms with Gasteiger partial charge in [-0.25, -0.2) is 0 Å². The Balaban J connectivity index is 2.67. The highest BCUT2D eigenvalue weighted by Gasteiger charge is 1.95. The van der Waals surface area contributed by atoms with Gasteiger partial charge in [-0.15, -0.1) is 0 Å². The van der Waals surface area contributed by atoms with Gasteiger partial charge in [0.05, 0.1) is 0 Å². The van der Waals surface area contributed by atoms with E-state index in [-0.39, 0.29) is 5.05 Å². The first-order valence-corrected chi connectivity index (χ1v) is 3.43. The Labute approximate surface area is 65.3 Å². The van der Waals surface area contributed by atoms with Crippen LogP contribution in [-0.4, -0.2) is 5.05 Å². The van der Waals surface area contributed by atoms with Gasteiger partial charge in [-0.3, -0.25) is 5.11 Å². The van der Waals surface area contributed by atoms with Crippen LogP contribution < -0.4 is 0 Å². The van der Waals surface area contributed by atoms with Crippen molar-refractivity contribution >= 4 is 17.3 Å². The Hall–Kier alpha value is -0.890. The summed E-state index contributed by atoms with van der Waals surface area (Å²) in [7, 11) is 0. The van der Waals surface area contributed by atoms with Gasteiger partial charge in [-0.1, -0.05) is 30.3 Å². The maximum absolute atomic E-state index is 10.4. The molecule has 0 heterocycles. The van der Waals surface area contributed by atoms with Gasteiger partial charge < -0.3 is 0 Å². The zero-order chi connectivity index (χ0) is 7.40. The molecular weight excluding hydrogens is 144 g/mol. The Morgan fingerprint density at radius 1 is 1.30 bits per heavy atom. The third kappa shape index (κ3) is 2.15. The van der Waals surface area contributed by atoms with Crippen molar-refractivity contribution < 1.29 is 5.11 Å². The highest BCUT2D eigenvalue weighted by molar-refractivity contribution is 7.80. The van der Waals surface area contributed by atoms with Gasteiger partial charge >= 0.3 is 0 Å². The van der Waals surface area contributed by atoms with Crippen LogP contribution in [0.4, 0.5) is 0 Å². The van der Waals surface area contributed by atoms with Crippen molar-refractivity contribution in [3.05, 3.63) is 35.9 Å². The molecule has 1 aromatic carbocycles. The highest BCUT2D eigenvalue weighted by atomic mass is 32.1. The lowest BCUT2D eigenvalue weighted by Gasteiger charge is -1.92. The zero-order valence-electron chi connectivity index (χ0n) is 5.41. The normalized spacial score (nSPS) is 9.20. The smallest absolute Gasteiger partial charge is 0.223 e. The number of thiocarbonyl (C=S) groups is 1. The number of hydrogen-bond acceptors (Lipinski definition) is 1. The van der Waals surface area contributed by atoms with E-state index in [1.165, 1.54) is 0 Å². The van der Waals surface area contributed by atoms with Crippen LogP contribution in [0.25, 0.3) is 0 Å². The Kier molecular flexibility index (Phi) is 2.40. The molecule has 0 bridgehead atoms. The largest absolute Gasteiger partial charge is 0.282 e. The minimum absolute atomic E-state index is 0.203. The second-order valence-electron chi connectivity index (χ2n) is 2.03. The van der Waals surface area contributed by atoms with E-state index in [1.807, 2.05) is 30.3 Å². The fourth-order valence-electron chi connectivity index (χ4n) is 0.763. The summed E-state index contributed by atoms with van der Waals surface area (Å²) >= 11 is 4.42. The molecule has 0 unspecified atom stereocenters. The van der Waals surface area contributed by atoms with E-state index in [1.54, 1.807) is 0 Å². The summed E-state index contributed by atoms with van der Waals surface area (Å²) in [6.07, 6.45) is 0.371. The quantitative estimate of drug-likeness (QED) is 0.592. The second kappa shape index (κ2) is 3.32. The molecule has 0 saturated heterocycles. The molecular formula is C8H7OS. The molecule has 0 aromatic heterocycles. The van der Waals surface area contributed by atoms with Crippen LogP contribution in [0.15, 0.2) is 30.3 Å². The van der Waals surface area contributed by atoms with Crippen LogP contribution in [0.1, 0.15) is 5.56 Å². The third-order valence-corrected chi connectivity index (χ3v) is 1.34. The number of rotatable bonds is 2. The van der Waals surface area contributed by atoms with E-state index in [0.29, 0.717) is 6.42 Å². The maximum atomic E-state index is 10.4. The Morgan fingerprint density at radius 2 is 1.90 bits per heavy atom. The van der Waals surface area contributed by atoms with Crippen molar-refractivity contribution in [3.63, 3.8) is 0 Å². The van der Waals surface area contributed by atoms with Crippen molar-refractivity contribution in [2.45, 2.75) is 6.42 Å². The molecule has 1 nitrogen and oxygen atoms in total. The first-order chi connectivity index (χ1) is 4.79. The first-order valence-electron chi connectivity index (χ1n) is 3.03. The predicted molar refractivity (Wildman–Crippen MR) is 43.4 cm³/mol. The van der Waals surface area contributed by atoms with Gasteiger partial charge in [0.1, 0.15) is 0 Å². The summed E-state index contributed by atoms with van der Waals surface area (Å²) in [5.74, 6) is 0. The van der Waals surface area contributed by atoms with Gasteiger partial charge in [-0.2, -0.15) is 0 Å². The molecule has 2 heteroatoms. The average Bonchev–Trinajstić information content (AvgIpc) is 1.88. The summed E-state index contributed by atoms with van der Waals surface area (Å²) in [4.78, 5) is 0. The predicted octanol–water partition coefficient (Wildman–Crippen LogP) is 1.99. The highest BCUT2D eigenvalue weighted by Crippen LogP contribution is 1.99. The van der Waals surface area contributed by atoms with E-state index < -0.39 is 0 Å². The van der Waals surface area contributed by atoms with Crippen LogP contribution >= 0.6 is 12.2 Å². The second-order valence-corrected chi connectivity index (χ2v) is 2.49. The van der Waals surface area contributed by atoms with E-state index in [9.17, 15) is 5.11 Å². The van der Waals surface area contributed by atoms with Crippen LogP contribution in [0, 0.1) is 0 Å². The Bertz CT molecular complexity index is 218. The third-order valence-electron chi connectivity index (χ3n) is 1.19. The molecule has 0 amide bonds. The molecule has 0 aliphatic carbocycles. The van der Waals surface area contributed by atoms with Gasteiger partial charge in [0, 0.05) is 6.42 Å². The van der Waals surface area contributed by atoms with Crippen LogP contribution in [-0.2, 0) is 11.5 Å². The molecule has 0 atom stereocenters. The lowest BCUT2D eigenvalue weighted by Crippen LogP contribution is -1.94. The van der Waals surface area contributed by atoms with Crippen molar-refractivity contribution in [2.75, 3.05) is 0 Å². The van der Waals surface area contributed by atoms with Crippen molar-refractivity contribution in [1.29, 1.82) is 0 Å². The molecule has 1 radical (unpaired) electrons. The summed E-state index contributed by atoms with van der Waals surface area (Å²) < 4.78 is 0. The van der Waals surface area contributed by atoms with Gasteiger partial charge in [0.15, 0.2) is 0 Å². The SMILES string of the molecule is [O]C(=S)Cc1ccccc1. The fourth-order valence-corrected chi connectivity index (χ4v) is 0.929. The molecule has 1 aromatic rings. The number of hydrogen-bond donors (Lipinski definition) is 0. The summed E-state index contributed by atoms with van der Waals surface area (Å²) in [5, 5.41) is 10.2. The minimum Gasteiger partial charge on any atom is -0.282 e. The fraction of sp³-hybridized carbons (Fsp3) is 0.125. The molecule has 1 rings (SSSR count). The Morgan fingerprint density at radius 3 is 2.40 bits per heavy atom.